The molecule has 0 amide bonds. The molecule has 0 bridgehead atoms. The van der Waals surface area contributed by atoms with Crippen LogP contribution in [0.5, 0.6) is 0 Å². The maximum atomic E-state index is 7.50. The predicted molar refractivity (Wildman–Crippen MR) is 112 cm³/mol. The summed E-state index contributed by atoms with van der Waals surface area (Å²) in [5.41, 5.74) is 1.95. The van der Waals surface area contributed by atoms with Gasteiger partial charge in [0.05, 0.1) is 11.0 Å². The summed E-state index contributed by atoms with van der Waals surface area (Å²) in [6, 6.07) is 12.1. The van der Waals surface area contributed by atoms with Crippen molar-refractivity contribution in [2.24, 2.45) is 11.8 Å². The van der Waals surface area contributed by atoms with Gasteiger partial charge in [0.1, 0.15) is 0 Å². The van der Waals surface area contributed by atoms with Crippen LogP contribution in [-0.4, -0.2) is 23.5 Å². The first-order chi connectivity index (χ1) is 13.8. The molecule has 0 spiro atoms. The van der Waals surface area contributed by atoms with Crippen LogP contribution >= 0.6 is 0 Å². The average molecular weight is 465 g/mol. The van der Waals surface area contributed by atoms with Gasteiger partial charge in [-0.15, -0.1) is 12.0 Å². The van der Waals surface area contributed by atoms with Crippen molar-refractivity contribution in [1.29, 1.82) is 0 Å². The van der Waals surface area contributed by atoms with Crippen molar-refractivity contribution in [2.45, 2.75) is 19.8 Å². The summed E-state index contributed by atoms with van der Waals surface area (Å²) in [7, 11) is 0. The van der Waals surface area contributed by atoms with E-state index in [9.17, 15) is 0 Å². The zero-order valence-electron chi connectivity index (χ0n) is 16.1. The molecule has 0 aliphatic heterocycles. The van der Waals surface area contributed by atoms with E-state index < -0.39 is 0 Å². The van der Waals surface area contributed by atoms with Crippen LogP contribution in [0.3, 0.4) is 0 Å². The van der Waals surface area contributed by atoms with Gasteiger partial charge < -0.3 is 29.1 Å². The van der Waals surface area contributed by atoms with Crippen molar-refractivity contribution in [1.82, 2.24) is 9.97 Å². The normalized spacial score (nSPS) is 18.8. The van der Waals surface area contributed by atoms with E-state index in [4.69, 9.17) is 9.59 Å². The average Bonchev–Trinajstić information content (AvgIpc) is 3.18. The maximum Gasteiger partial charge on any atom is 3.00 e. The molecule has 2 aliphatic carbocycles. The Hall–Kier alpha value is -2.45. The van der Waals surface area contributed by atoms with Gasteiger partial charge in [-0.05, 0) is 18.1 Å². The first kappa shape index (κ1) is 24.6. The van der Waals surface area contributed by atoms with Crippen LogP contribution in [0.15, 0.2) is 73.1 Å². The number of nitrogens with zero attached hydrogens (tertiary/aromatic N) is 2. The van der Waals surface area contributed by atoms with Gasteiger partial charge in [0, 0.05) is 23.2 Å². The van der Waals surface area contributed by atoms with Gasteiger partial charge in [-0.2, -0.15) is 13.3 Å². The van der Waals surface area contributed by atoms with Crippen molar-refractivity contribution in [3.05, 3.63) is 79.0 Å². The first-order valence-corrected chi connectivity index (χ1v) is 8.99. The molecule has 0 saturated heterocycles. The molecule has 1 unspecified atom stereocenters. The van der Waals surface area contributed by atoms with Gasteiger partial charge in [-0.25, -0.2) is 0 Å². The molecule has 1 aromatic carbocycles. The third kappa shape index (κ3) is 6.01. The quantitative estimate of drug-likeness (QED) is 0.274. The zero-order valence-corrected chi connectivity index (χ0v) is 18.1. The van der Waals surface area contributed by atoms with E-state index in [1.807, 2.05) is 12.1 Å². The van der Waals surface area contributed by atoms with Crippen LogP contribution in [0.25, 0.3) is 21.8 Å². The number of aromatic nitrogens is 2. The fraction of sp³-hybridized carbons (Fsp3) is 0.208. The monoisotopic (exact) mass is 467 g/mol. The molecule has 1 saturated carbocycles. The Balaban J connectivity index is 0.000000249. The second-order valence-electron chi connectivity index (χ2n) is 6.56. The van der Waals surface area contributed by atoms with Crippen LogP contribution in [0.1, 0.15) is 19.8 Å². The minimum Gasteiger partial charge on any atom is -0.573 e. The zero-order chi connectivity index (χ0) is 20.4. The Morgan fingerprint density at radius 1 is 0.862 bits per heavy atom. The summed E-state index contributed by atoms with van der Waals surface area (Å²) in [4.78, 5) is 23.7. The molecule has 1 fully saturated rings. The number of allylic oxidation sites excluding steroid dienone is 4. The molecular weight excluding hydrogens is 444 g/mol. The SMILES string of the molecule is C[C-]1CCC2C=CC=C[C@@H]12.[C-]=O.[C-]=O.[Mo+3].c1cnc2c(c1)ccc1cccnc12. The summed E-state index contributed by atoms with van der Waals surface area (Å²) in [6.07, 6.45) is 15.4. The molecule has 2 aromatic heterocycles. The van der Waals surface area contributed by atoms with E-state index in [0.717, 1.165) is 33.6 Å². The molecule has 3 aromatic rings. The van der Waals surface area contributed by atoms with Crippen molar-refractivity contribution in [3.63, 3.8) is 0 Å². The summed E-state index contributed by atoms with van der Waals surface area (Å²) >= 11 is 0. The fourth-order valence-corrected chi connectivity index (χ4v) is 3.70. The Kier molecular flexibility index (Phi) is 10.9. The number of hydrogen-bond donors (Lipinski definition) is 0. The van der Waals surface area contributed by atoms with Crippen molar-refractivity contribution < 1.29 is 30.7 Å². The van der Waals surface area contributed by atoms with Crippen LogP contribution in [0.2, 0.25) is 0 Å². The van der Waals surface area contributed by atoms with Gasteiger partial charge >= 0.3 is 21.1 Å². The Labute approximate surface area is 186 Å². The van der Waals surface area contributed by atoms with Crippen molar-refractivity contribution >= 4 is 35.4 Å². The molecule has 2 aliphatic rings. The van der Waals surface area contributed by atoms with Crippen LogP contribution in [0, 0.1) is 17.8 Å². The molecule has 2 heterocycles. The third-order valence-electron chi connectivity index (χ3n) is 5.03. The van der Waals surface area contributed by atoms with E-state index >= 15 is 0 Å². The Bertz CT molecular complexity index is 901. The van der Waals surface area contributed by atoms with E-state index in [-0.39, 0.29) is 21.1 Å². The minimum absolute atomic E-state index is 0. The van der Waals surface area contributed by atoms with E-state index in [1.165, 1.54) is 12.8 Å². The first-order valence-electron chi connectivity index (χ1n) is 8.99. The van der Waals surface area contributed by atoms with Gasteiger partial charge in [0.15, 0.2) is 0 Å². The summed E-state index contributed by atoms with van der Waals surface area (Å²) in [5.74, 6) is 3.29. The molecule has 2 atom stereocenters. The number of benzene rings is 1. The van der Waals surface area contributed by atoms with Gasteiger partial charge in [-0.3, -0.25) is 9.97 Å². The number of rotatable bonds is 0. The molecule has 5 rings (SSSR count). The summed E-state index contributed by atoms with van der Waals surface area (Å²) < 4.78 is 0. The number of pyridine rings is 2. The molecule has 29 heavy (non-hydrogen) atoms. The molecule has 0 N–H and O–H groups in total. The fourth-order valence-electron chi connectivity index (χ4n) is 3.70. The summed E-state index contributed by atoms with van der Waals surface area (Å²) in [5, 5.41) is 2.28. The largest absolute Gasteiger partial charge is 3.00 e. The number of fused-ring (bicyclic) bond motifs is 4. The van der Waals surface area contributed by atoms with Gasteiger partial charge in [0.25, 0.3) is 0 Å². The van der Waals surface area contributed by atoms with Gasteiger partial charge in [0.2, 0.25) is 0 Å². The van der Waals surface area contributed by atoms with Crippen molar-refractivity contribution in [3.8, 4) is 0 Å². The second-order valence-corrected chi connectivity index (χ2v) is 6.56. The standard InChI is InChI=1S/C12H8N2.C10H13.2CO.Mo/c1-3-9-5-6-10-4-2-8-14-12(10)11(9)13-7-1;1-8-6-7-9-4-2-3-5-10(8)9;2*1-2;/h1-8H;2-5,9-10H,6-7H2,1H3;;;/q;3*-1;+3/t;9?,10-;;;/m.0.../s1. The van der Waals surface area contributed by atoms with Gasteiger partial charge in [-0.1, -0.05) is 48.9 Å². The third-order valence-corrected chi connectivity index (χ3v) is 5.03. The van der Waals surface area contributed by atoms with E-state index in [0.29, 0.717) is 0 Å². The number of carbonyl (C=O) groups excluding carboxylic acids is 2. The van der Waals surface area contributed by atoms with E-state index in [2.05, 4.69) is 79.0 Å². The molecular formula is C24H21MoN2O2. The number of hydrogen-bond acceptors (Lipinski definition) is 4. The molecule has 5 heteroatoms. The molecule has 4 nitrogen and oxygen atoms in total. The minimum atomic E-state index is 0. The Morgan fingerprint density at radius 3 is 1.90 bits per heavy atom. The topological polar surface area (TPSA) is 59.9 Å². The Morgan fingerprint density at radius 2 is 1.38 bits per heavy atom. The van der Waals surface area contributed by atoms with Crippen LogP contribution in [-0.2, 0) is 30.7 Å². The predicted octanol–water partition coefficient (Wildman–Crippen LogP) is 4.72. The van der Waals surface area contributed by atoms with Crippen LogP contribution in [0.4, 0.5) is 0 Å². The van der Waals surface area contributed by atoms with Crippen LogP contribution < -0.4 is 0 Å². The second kappa shape index (κ2) is 12.9. The van der Waals surface area contributed by atoms with E-state index in [1.54, 1.807) is 18.3 Å². The molecule has 3 radical (unpaired) electrons. The smallest absolute Gasteiger partial charge is 0.573 e. The van der Waals surface area contributed by atoms with Crippen molar-refractivity contribution in [2.75, 3.05) is 0 Å². The molecule has 145 valence electrons. The summed E-state index contributed by atoms with van der Waals surface area (Å²) in [6.45, 7) is 11.3. The maximum absolute atomic E-state index is 7.50.